The van der Waals surface area contributed by atoms with E-state index in [9.17, 15) is 4.79 Å². The van der Waals surface area contributed by atoms with E-state index < -0.39 is 0 Å². The van der Waals surface area contributed by atoms with Crippen molar-refractivity contribution in [2.75, 3.05) is 7.05 Å². The molecular weight excluding hydrogens is 338 g/mol. The number of nitrogens with two attached hydrogens (primary N) is 1. The minimum absolute atomic E-state index is 0.0285. The molecule has 0 fully saturated rings. The van der Waals surface area contributed by atoms with E-state index in [0.717, 1.165) is 5.56 Å². The number of amidine groups is 1. The molecule has 110 valence electrons. The van der Waals surface area contributed by atoms with Gasteiger partial charge in [-0.1, -0.05) is 23.4 Å². The first-order chi connectivity index (χ1) is 10.0. The number of carbonyl (C=O) groups excluding carboxylic acids is 1. The zero-order valence-electron chi connectivity index (χ0n) is 11.3. The first kappa shape index (κ1) is 15.1. The largest absolute Gasteiger partial charge is 0.444 e. The molecule has 0 atom stereocenters. The number of oxime groups is 1. The Balaban J connectivity index is 2.12. The number of hydrogen-bond acceptors (Lipinski definition) is 4. The molecule has 2 aromatic rings. The molecule has 2 rings (SSSR count). The van der Waals surface area contributed by atoms with Crippen molar-refractivity contribution in [2.24, 2.45) is 10.9 Å². The van der Waals surface area contributed by atoms with Crippen molar-refractivity contribution in [3.05, 3.63) is 58.0 Å². The van der Waals surface area contributed by atoms with Crippen LogP contribution in [0.3, 0.4) is 0 Å². The molecule has 0 aliphatic rings. The molecule has 1 heterocycles. The Bertz CT molecular complexity index is 682. The highest BCUT2D eigenvalue weighted by molar-refractivity contribution is 9.10. The normalized spacial score (nSPS) is 11.4. The van der Waals surface area contributed by atoms with Crippen LogP contribution in [-0.4, -0.2) is 28.9 Å². The van der Waals surface area contributed by atoms with Crippen LogP contribution in [0.5, 0.6) is 0 Å². The van der Waals surface area contributed by atoms with Gasteiger partial charge in [0.1, 0.15) is 0 Å². The van der Waals surface area contributed by atoms with Crippen LogP contribution in [0.25, 0.3) is 0 Å². The lowest BCUT2D eigenvalue weighted by molar-refractivity contribution is 0.0752. The molecule has 0 aliphatic heterocycles. The monoisotopic (exact) mass is 351 g/mol. The molecule has 21 heavy (non-hydrogen) atoms. The van der Waals surface area contributed by atoms with Crippen LogP contribution in [-0.2, 0) is 6.54 Å². The lowest BCUT2D eigenvalue weighted by Crippen LogP contribution is -2.26. The molecule has 0 spiro atoms. The van der Waals surface area contributed by atoms with Crippen molar-refractivity contribution < 1.29 is 14.4 Å². The summed E-state index contributed by atoms with van der Waals surface area (Å²) in [6, 6.07) is 10.4. The Kier molecular flexibility index (Phi) is 4.64. The van der Waals surface area contributed by atoms with E-state index in [1.165, 1.54) is 4.90 Å². The average molecular weight is 352 g/mol. The molecule has 0 aliphatic carbocycles. The molecule has 0 saturated carbocycles. The molecule has 0 bridgehead atoms. The number of hydrogen-bond donors (Lipinski definition) is 2. The van der Waals surface area contributed by atoms with Crippen molar-refractivity contribution in [1.29, 1.82) is 0 Å². The smallest absolute Gasteiger partial charge is 0.289 e. The van der Waals surface area contributed by atoms with E-state index in [1.54, 1.807) is 37.4 Å². The Morgan fingerprint density at radius 3 is 2.81 bits per heavy atom. The number of rotatable bonds is 4. The van der Waals surface area contributed by atoms with Gasteiger partial charge >= 0.3 is 0 Å². The van der Waals surface area contributed by atoms with E-state index in [0.29, 0.717) is 16.8 Å². The number of halogens is 1. The van der Waals surface area contributed by atoms with Crippen molar-refractivity contribution in [3.63, 3.8) is 0 Å². The van der Waals surface area contributed by atoms with Gasteiger partial charge in [-0.3, -0.25) is 4.79 Å². The van der Waals surface area contributed by atoms with Crippen molar-refractivity contribution >= 4 is 27.7 Å². The Morgan fingerprint density at radius 2 is 2.19 bits per heavy atom. The van der Waals surface area contributed by atoms with E-state index in [2.05, 4.69) is 21.1 Å². The van der Waals surface area contributed by atoms with Crippen LogP contribution >= 0.6 is 15.9 Å². The summed E-state index contributed by atoms with van der Waals surface area (Å²) in [4.78, 5) is 13.7. The van der Waals surface area contributed by atoms with E-state index >= 15 is 0 Å². The first-order valence-electron chi connectivity index (χ1n) is 6.09. The second kappa shape index (κ2) is 6.45. The predicted molar refractivity (Wildman–Crippen MR) is 81.2 cm³/mol. The molecule has 0 saturated heterocycles. The van der Waals surface area contributed by atoms with Gasteiger partial charge in [0, 0.05) is 19.2 Å². The molecular formula is C14H14BrN3O3. The van der Waals surface area contributed by atoms with Crippen LogP contribution in [0, 0.1) is 0 Å². The fraction of sp³-hybridized carbons (Fsp3) is 0.143. The first-order valence-corrected chi connectivity index (χ1v) is 6.88. The summed E-state index contributed by atoms with van der Waals surface area (Å²) in [6.07, 6.45) is 0. The molecule has 1 amide bonds. The standard InChI is InChI=1S/C14H14BrN3O3/c1-18(14(19)11-5-6-12(15)21-11)8-9-3-2-4-10(7-9)13(16)17-20/h2-7,20H,8H2,1H3,(H2,16,17). The quantitative estimate of drug-likeness (QED) is 0.383. The second-order valence-corrected chi connectivity index (χ2v) is 5.23. The van der Waals surface area contributed by atoms with Gasteiger partial charge in [0.2, 0.25) is 0 Å². The van der Waals surface area contributed by atoms with Gasteiger partial charge in [0.25, 0.3) is 5.91 Å². The summed E-state index contributed by atoms with van der Waals surface area (Å²) in [5, 5.41) is 11.6. The highest BCUT2D eigenvalue weighted by atomic mass is 79.9. The highest BCUT2D eigenvalue weighted by Gasteiger charge is 2.16. The topological polar surface area (TPSA) is 92.1 Å². The van der Waals surface area contributed by atoms with E-state index in [1.807, 2.05) is 6.07 Å². The minimum atomic E-state index is -0.227. The average Bonchev–Trinajstić information content (AvgIpc) is 2.92. The molecule has 7 heteroatoms. The van der Waals surface area contributed by atoms with Gasteiger partial charge < -0.3 is 20.3 Å². The summed E-state index contributed by atoms with van der Waals surface area (Å²) >= 11 is 3.16. The fourth-order valence-corrected chi connectivity index (χ4v) is 2.16. The lowest BCUT2D eigenvalue weighted by atomic mass is 10.1. The summed E-state index contributed by atoms with van der Waals surface area (Å²) in [6.45, 7) is 0.379. The van der Waals surface area contributed by atoms with Gasteiger partial charge in [-0.05, 0) is 39.7 Å². The zero-order chi connectivity index (χ0) is 15.4. The summed E-state index contributed by atoms with van der Waals surface area (Å²) in [7, 11) is 1.68. The van der Waals surface area contributed by atoms with Crippen molar-refractivity contribution in [2.45, 2.75) is 6.54 Å². The maximum absolute atomic E-state index is 12.2. The van der Waals surface area contributed by atoms with Crippen LogP contribution in [0.4, 0.5) is 0 Å². The second-order valence-electron chi connectivity index (χ2n) is 4.45. The zero-order valence-corrected chi connectivity index (χ0v) is 12.9. The Morgan fingerprint density at radius 1 is 1.43 bits per heavy atom. The number of amides is 1. The molecule has 0 radical (unpaired) electrons. The summed E-state index contributed by atoms with van der Waals surface area (Å²) < 4.78 is 5.74. The number of furan rings is 1. The third-order valence-corrected chi connectivity index (χ3v) is 3.31. The van der Waals surface area contributed by atoms with Crippen LogP contribution < -0.4 is 5.73 Å². The van der Waals surface area contributed by atoms with Crippen LogP contribution in [0.1, 0.15) is 21.7 Å². The van der Waals surface area contributed by atoms with Gasteiger partial charge in [-0.2, -0.15) is 0 Å². The van der Waals surface area contributed by atoms with E-state index in [-0.39, 0.29) is 17.5 Å². The Labute approximate surface area is 130 Å². The maximum atomic E-state index is 12.2. The summed E-state index contributed by atoms with van der Waals surface area (Å²) in [5.41, 5.74) is 7.00. The fourth-order valence-electron chi connectivity index (χ4n) is 1.85. The van der Waals surface area contributed by atoms with Crippen molar-refractivity contribution in [1.82, 2.24) is 4.90 Å². The SMILES string of the molecule is CN(Cc1cccc(C(N)=NO)c1)C(=O)c1ccc(Br)o1. The van der Waals surface area contributed by atoms with E-state index in [4.69, 9.17) is 15.4 Å². The third kappa shape index (κ3) is 3.63. The lowest BCUT2D eigenvalue weighted by Gasteiger charge is -2.16. The van der Waals surface area contributed by atoms with Crippen molar-refractivity contribution in [3.8, 4) is 0 Å². The Hall–Kier alpha value is -2.28. The molecule has 6 nitrogen and oxygen atoms in total. The van der Waals surface area contributed by atoms with Gasteiger partial charge in [0.05, 0.1) is 0 Å². The maximum Gasteiger partial charge on any atom is 0.289 e. The number of nitrogens with zero attached hydrogens (tertiary/aromatic N) is 2. The van der Waals surface area contributed by atoms with Crippen LogP contribution in [0.2, 0.25) is 0 Å². The van der Waals surface area contributed by atoms with Gasteiger partial charge in [-0.15, -0.1) is 0 Å². The predicted octanol–water partition coefficient (Wildman–Crippen LogP) is 2.41. The number of benzene rings is 1. The van der Waals surface area contributed by atoms with Gasteiger partial charge in [-0.25, -0.2) is 0 Å². The molecule has 3 N–H and O–H groups in total. The minimum Gasteiger partial charge on any atom is -0.444 e. The molecule has 0 unspecified atom stereocenters. The third-order valence-electron chi connectivity index (χ3n) is 2.88. The highest BCUT2D eigenvalue weighted by Crippen LogP contribution is 2.16. The van der Waals surface area contributed by atoms with Crippen LogP contribution in [0.15, 0.2) is 50.6 Å². The molecule has 1 aromatic carbocycles. The number of carbonyl (C=O) groups is 1. The van der Waals surface area contributed by atoms with Gasteiger partial charge in [0.15, 0.2) is 16.3 Å². The molecule has 1 aromatic heterocycles. The summed E-state index contributed by atoms with van der Waals surface area (Å²) in [5.74, 6) is 0.0626.